The summed E-state index contributed by atoms with van der Waals surface area (Å²) in [6.07, 6.45) is 0. The van der Waals surface area contributed by atoms with Crippen LogP contribution in [0.4, 0.5) is 0 Å². The molecule has 1 heterocycles. The van der Waals surface area contributed by atoms with Gasteiger partial charge in [-0.3, -0.25) is 0 Å². The molecule has 0 aliphatic heterocycles. The van der Waals surface area contributed by atoms with Crippen molar-refractivity contribution in [3.8, 4) is 11.8 Å². The van der Waals surface area contributed by atoms with Crippen molar-refractivity contribution in [1.82, 2.24) is 4.98 Å². The van der Waals surface area contributed by atoms with E-state index in [0.717, 1.165) is 10.6 Å². The van der Waals surface area contributed by atoms with Crippen LogP contribution in [0.15, 0.2) is 71.2 Å². The maximum Gasteiger partial charge on any atom is 0.231 e. The number of halogens is 1. The zero-order chi connectivity index (χ0) is 17.9. The number of aromatic nitrogens is 1. The highest BCUT2D eigenvalue weighted by atomic mass is 79.9. The van der Waals surface area contributed by atoms with E-state index < -0.39 is 7.14 Å². The number of nitrogens with zero attached hydrogens (tertiary/aromatic N) is 1. The van der Waals surface area contributed by atoms with E-state index in [4.69, 9.17) is 9.47 Å². The van der Waals surface area contributed by atoms with E-state index in [1.165, 1.54) is 14.2 Å². The maximum absolute atomic E-state index is 14.4. The van der Waals surface area contributed by atoms with Crippen molar-refractivity contribution in [2.24, 2.45) is 0 Å². The minimum Gasteiger partial charge on any atom is -0.481 e. The molecule has 0 unspecified atom stereocenters. The van der Waals surface area contributed by atoms with Crippen molar-refractivity contribution < 1.29 is 14.0 Å². The first kappa shape index (κ1) is 17.7. The number of benzene rings is 2. The summed E-state index contributed by atoms with van der Waals surface area (Å²) in [4.78, 5) is 4.26. The summed E-state index contributed by atoms with van der Waals surface area (Å²) in [5.74, 6) is 0.684. The lowest BCUT2D eigenvalue weighted by Gasteiger charge is -2.22. The van der Waals surface area contributed by atoms with Gasteiger partial charge in [0.2, 0.25) is 11.8 Å². The molecule has 2 aromatic carbocycles. The Hall–Kier alpha value is -2.10. The van der Waals surface area contributed by atoms with Gasteiger partial charge in [0.25, 0.3) is 0 Å². The van der Waals surface area contributed by atoms with Crippen molar-refractivity contribution >= 4 is 39.0 Å². The molecule has 128 valence electrons. The molecule has 0 fully saturated rings. The summed E-state index contributed by atoms with van der Waals surface area (Å²) in [6, 6.07) is 20.5. The lowest BCUT2D eigenvalue weighted by atomic mass is 10.4. The van der Waals surface area contributed by atoms with E-state index in [1.807, 2.05) is 60.7 Å². The first-order valence-corrected chi connectivity index (χ1v) is 10.1. The third-order valence-electron chi connectivity index (χ3n) is 3.87. The monoisotopic (exact) mass is 417 g/mol. The fourth-order valence-corrected chi connectivity index (χ4v) is 6.46. The van der Waals surface area contributed by atoms with Gasteiger partial charge in [-0.25, -0.2) is 0 Å². The fraction of sp³-hybridized carbons (Fsp3) is 0.105. The number of methoxy groups -OCH3 is 2. The first-order chi connectivity index (χ1) is 12.1. The molecule has 1 aromatic heterocycles. The van der Waals surface area contributed by atoms with E-state index >= 15 is 0 Å². The van der Waals surface area contributed by atoms with Gasteiger partial charge in [0.05, 0.1) is 18.7 Å². The third kappa shape index (κ3) is 3.22. The van der Waals surface area contributed by atoms with Crippen molar-refractivity contribution in [3.63, 3.8) is 0 Å². The van der Waals surface area contributed by atoms with Crippen molar-refractivity contribution in [1.29, 1.82) is 0 Å². The second-order valence-corrected chi connectivity index (χ2v) is 8.81. The molecule has 0 spiro atoms. The zero-order valence-electron chi connectivity index (χ0n) is 13.8. The number of ether oxygens (including phenoxy) is 2. The average Bonchev–Trinajstić information content (AvgIpc) is 2.69. The summed E-state index contributed by atoms with van der Waals surface area (Å²) in [5.41, 5.74) is 0. The molecule has 25 heavy (non-hydrogen) atoms. The SMILES string of the molecule is COc1cc(P(=O)(c2ccccc2)c2ccccc2)c(Br)c(OC)n1. The van der Waals surface area contributed by atoms with Gasteiger partial charge in [0, 0.05) is 22.0 Å². The Kier molecular flexibility index (Phi) is 5.26. The Morgan fingerprint density at radius 1 is 0.880 bits per heavy atom. The van der Waals surface area contributed by atoms with Gasteiger partial charge in [0.15, 0.2) is 7.14 Å². The van der Waals surface area contributed by atoms with E-state index in [-0.39, 0.29) is 0 Å². The quantitative estimate of drug-likeness (QED) is 0.596. The van der Waals surface area contributed by atoms with Crippen molar-refractivity contribution in [3.05, 3.63) is 71.2 Å². The molecule has 0 radical (unpaired) electrons. The molecular weight excluding hydrogens is 401 g/mol. The Balaban J connectivity index is 2.37. The molecule has 3 rings (SSSR count). The van der Waals surface area contributed by atoms with Gasteiger partial charge < -0.3 is 14.0 Å². The van der Waals surface area contributed by atoms with Crippen LogP contribution in [0.1, 0.15) is 0 Å². The average molecular weight is 418 g/mol. The molecule has 0 bridgehead atoms. The van der Waals surface area contributed by atoms with E-state index in [9.17, 15) is 4.57 Å². The van der Waals surface area contributed by atoms with Crippen LogP contribution in [0, 0.1) is 0 Å². The number of hydrogen-bond donors (Lipinski definition) is 0. The lowest BCUT2D eigenvalue weighted by Crippen LogP contribution is -2.26. The zero-order valence-corrected chi connectivity index (χ0v) is 16.3. The van der Waals surface area contributed by atoms with E-state index in [2.05, 4.69) is 20.9 Å². The summed E-state index contributed by atoms with van der Waals surface area (Å²) < 4.78 is 25.6. The van der Waals surface area contributed by atoms with E-state index in [0.29, 0.717) is 21.5 Å². The van der Waals surface area contributed by atoms with Gasteiger partial charge in [-0.2, -0.15) is 4.98 Å². The van der Waals surface area contributed by atoms with Gasteiger partial charge in [-0.15, -0.1) is 0 Å². The molecule has 3 aromatic rings. The Labute approximate surface area is 155 Å². The van der Waals surface area contributed by atoms with Crippen LogP contribution >= 0.6 is 23.1 Å². The number of pyridine rings is 1. The molecule has 0 atom stereocenters. The highest BCUT2D eigenvalue weighted by molar-refractivity contribution is 9.10. The van der Waals surface area contributed by atoms with Crippen LogP contribution in [0.25, 0.3) is 0 Å². The second-order valence-electron chi connectivity index (χ2n) is 5.29. The summed E-state index contributed by atoms with van der Waals surface area (Å²) in [7, 11) is -0.0978. The number of hydrogen-bond acceptors (Lipinski definition) is 4. The van der Waals surface area contributed by atoms with Gasteiger partial charge in [0.1, 0.15) is 0 Å². The highest BCUT2D eigenvalue weighted by Gasteiger charge is 2.33. The lowest BCUT2D eigenvalue weighted by molar-refractivity contribution is 0.363. The van der Waals surface area contributed by atoms with Crippen LogP contribution in [-0.4, -0.2) is 19.2 Å². The maximum atomic E-state index is 14.4. The standard InChI is InChI=1S/C19H17BrNO3P/c1-23-17-13-16(18(20)19(21-17)24-2)25(22,14-9-5-3-6-10-14)15-11-7-4-8-12-15/h3-13H,1-2H3. The molecule has 0 saturated carbocycles. The first-order valence-electron chi connectivity index (χ1n) is 7.61. The van der Waals surface area contributed by atoms with Crippen LogP contribution in [0.2, 0.25) is 0 Å². The fourth-order valence-electron chi connectivity index (χ4n) is 2.64. The summed E-state index contributed by atoms with van der Waals surface area (Å²) in [5, 5.41) is 2.06. The molecule has 0 amide bonds. The Morgan fingerprint density at radius 3 is 1.84 bits per heavy atom. The summed E-state index contributed by atoms with van der Waals surface area (Å²) in [6.45, 7) is 0. The molecule has 6 heteroatoms. The smallest absolute Gasteiger partial charge is 0.231 e. The highest BCUT2D eigenvalue weighted by Crippen LogP contribution is 2.46. The predicted octanol–water partition coefficient (Wildman–Crippen LogP) is 3.50. The molecule has 0 N–H and O–H groups in total. The van der Waals surface area contributed by atoms with Crippen LogP contribution in [0.3, 0.4) is 0 Å². The van der Waals surface area contributed by atoms with Crippen molar-refractivity contribution in [2.45, 2.75) is 0 Å². The molecule has 0 aliphatic rings. The topological polar surface area (TPSA) is 48.4 Å². The minimum atomic E-state index is -3.14. The van der Waals surface area contributed by atoms with E-state index in [1.54, 1.807) is 6.07 Å². The minimum absolute atomic E-state index is 0.335. The van der Waals surface area contributed by atoms with Crippen LogP contribution in [-0.2, 0) is 4.57 Å². The van der Waals surface area contributed by atoms with Gasteiger partial charge >= 0.3 is 0 Å². The number of rotatable bonds is 5. The van der Waals surface area contributed by atoms with Gasteiger partial charge in [-0.05, 0) is 15.9 Å². The van der Waals surface area contributed by atoms with Crippen LogP contribution < -0.4 is 25.4 Å². The molecule has 4 nitrogen and oxygen atoms in total. The largest absolute Gasteiger partial charge is 0.481 e. The van der Waals surface area contributed by atoms with Crippen molar-refractivity contribution in [2.75, 3.05) is 14.2 Å². The third-order valence-corrected chi connectivity index (χ3v) is 8.02. The molecule has 0 saturated heterocycles. The normalized spacial score (nSPS) is 11.2. The Morgan fingerprint density at radius 2 is 1.40 bits per heavy atom. The second kappa shape index (κ2) is 7.42. The molecule has 0 aliphatic carbocycles. The Bertz CT molecular complexity index is 873. The van der Waals surface area contributed by atoms with Crippen LogP contribution in [0.5, 0.6) is 11.8 Å². The predicted molar refractivity (Wildman–Crippen MR) is 104 cm³/mol. The summed E-state index contributed by atoms with van der Waals surface area (Å²) >= 11 is 3.52. The van der Waals surface area contributed by atoms with Gasteiger partial charge in [-0.1, -0.05) is 60.7 Å². The molecular formula is C19H17BrNO3P.